The van der Waals surface area contributed by atoms with Crippen molar-refractivity contribution in [1.82, 2.24) is 0 Å². The highest BCUT2D eigenvalue weighted by atomic mass is 17.2. The van der Waals surface area contributed by atoms with E-state index >= 15 is 0 Å². The molecule has 4 saturated carbocycles. The Morgan fingerprint density at radius 1 is 0.725 bits per heavy atom. The van der Waals surface area contributed by atoms with Gasteiger partial charge in [-0.05, 0) is 125 Å². The Labute approximate surface area is 302 Å². The molecule has 10 nitrogen and oxygen atoms in total. The Kier molecular flexibility index (Phi) is 8.49. The summed E-state index contributed by atoms with van der Waals surface area (Å²) in [6.07, 6.45) is 8.89. The summed E-state index contributed by atoms with van der Waals surface area (Å²) in [7, 11) is 0. The number of carbonyl (C=O) groups excluding carboxylic acids is 1. The third-order valence-corrected chi connectivity index (χ3v) is 15.4. The minimum atomic E-state index is -0.872. The lowest BCUT2D eigenvalue weighted by Gasteiger charge is -2.62. The number of para-hydroxylation sites is 1. The summed E-state index contributed by atoms with van der Waals surface area (Å²) in [5.41, 5.74) is -1.03. The lowest BCUT2D eigenvalue weighted by Crippen LogP contribution is -2.71. The maximum Gasteiger partial charge on any atom is 0.540 e. The van der Waals surface area contributed by atoms with Crippen LogP contribution >= 0.6 is 0 Å². The molecule has 16 atom stereocenters. The van der Waals surface area contributed by atoms with Crippen LogP contribution in [-0.4, -0.2) is 58.7 Å². The van der Waals surface area contributed by atoms with Gasteiger partial charge < -0.3 is 14.2 Å². The number of fused-ring (bicyclic) bond motifs is 4. The normalized spacial score (nSPS) is 51.5. The third-order valence-electron chi connectivity index (χ3n) is 15.4. The molecule has 0 unspecified atom stereocenters. The topological polar surface area (TPSA) is 103 Å². The Bertz CT molecular complexity index is 1520. The smallest absolute Gasteiger partial charge is 0.393 e. The van der Waals surface area contributed by atoms with E-state index in [4.69, 9.17) is 38.6 Å². The van der Waals surface area contributed by atoms with Gasteiger partial charge >= 0.3 is 6.16 Å². The van der Waals surface area contributed by atoms with E-state index in [1.54, 1.807) is 12.1 Å². The van der Waals surface area contributed by atoms with Gasteiger partial charge in [0.1, 0.15) is 34.3 Å². The second kappa shape index (κ2) is 12.5. The fraction of sp³-hybridized carbons (Fsp3) is 0.805. The lowest BCUT2D eigenvalue weighted by molar-refractivity contribution is -0.487. The summed E-state index contributed by atoms with van der Waals surface area (Å²) >= 11 is 0. The van der Waals surface area contributed by atoms with Crippen LogP contribution in [0, 0.1) is 47.3 Å². The van der Waals surface area contributed by atoms with E-state index in [-0.39, 0.29) is 53.7 Å². The Morgan fingerprint density at radius 2 is 1.29 bits per heavy atom. The molecule has 10 aliphatic rings. The van der Waals surface area contributed by atoms with Crippen LogP contribution in [0.5, 0.6) is 5.75 Å². The number of hydrogen-bond donors (Lipinski definition) is 0. The molecule has 280 valence electrons. The minimum Gasteiger partial charge on any atom is -0.393 e. The molecule has 4 aliphatic carbocycles. The van der Waals surface area contributed by atoms with Gasteiger partial charge in [-0.3, -0.25) is 4.84 Å². The fourth-order valence-electron chi connectivity index (χ4n) is 12.7. The molecule has 0 amide bonds. The van der Waals surface area contributed by atoms with Gasteiger partial charge in [0.15, 0.2) is 0 Å². The molecule has 0 aromatic heterocycles. The molecule has 51 heavy (non-hydrogen) atoms. The Balaban J connectivity index is 1.05. The number of rotatable bonds is 5. The van der Waals surface area contributed by atoms with E-state index in [1.807, 2.05) is 18.2 Å². The van der Waals surface area contributed by atoms with Gasteiger partial charge in [0.05, 0.1) is 24.0 Å². The highest BCUT2D eigenvalue weighted by Gasteiger charge is 2.70. The summed E-state index contributed by atoms with van der Waals surface area (Å²) in [6, 6.07) is 8.95. The van der Waals surface area contributed by atoms with Crippen molar-refractivity contribution >= 4 is 11.9 Å². The first-order valence-electron chi connectivity index (χ1n) is 20.0. The second-order valence-corrected chi connectivity index (χ2v) is 18.4. The van der Waals surface area contributed by atoms with Crippen molar-refractivity contribution in [1.29, 1.82) is 0 Å². The van der Waals surface area contributed by atoms with E-state index < -0.39 is 23.0 Å². The van der Waals surface area contributed by atoms with Crippen molar-refractivity contribution in [3.8, 4) is 5.75 Å². The average Bonchev–Trinajstić information content (AvgIpc) is 3.49. The van der Waals surface area contributed by atoms with Crippen molar-refractivity contribution in [2.45, 2.75) is 159 Å². The van der Waals surface area contributed by atoms with Crippen LogP contribution in [0.2, 0.25) is 0 Å². The van der Waals surface area contributed by atoms with Crippen LogP contribution in [0.25, 0.3) is 0 Å². The van der Waals surface area contributed by atoms with Crippen LogP contribution in [0.15, 0.2) is 35.5 Å². The lowest BCUT2D eigenvalue weighted by atomic mass is 9.55. The molecule has 1 aromatic rings. The highest BCUT2D eigenvalue weighted by molar-refractivity contribution is 5.90. The van der Waals surface area contributed by atoms with Gasteiger partial charge in [0, 0.05) is 19.3 Å². The zero-order valence-corrected chi connectivity index (χ0v) is 31.2. The van der Waals surface area contributed by atoms with Gasteiger partial charge in [0.25, 0.3) is 0 Å². The Morgan fingerprint density at radius 3 is 1.90 bits per heavy atom. The first-order valence-corrected chi connectivity index (χ1v) is 20.0. The molecule has 6 aliphatic heterocycles. The van der Waals surface area contributed by atoms with E-state index in [1.165, 1.54) is 6.42 Å². The molecule has 11 rings (SSSR count). The third kappa shape index (κ3) is 5.39. The van der Waals surface area contributed by atoms with E-state index in [0.29, 0.717) is 41.6 Å². The zero-order chi connectivity index (χ0) is 35.3. The number of oxime groups is 1. The van der Waals surface area contributed by atoms with Gasteiger partial charge in [-0.1, -0.05) is 51.0 Å². The van der Waals surface area contributed by atoms with Crippen LogP contribution in [-0.2, 0) is 33.9 Å². The van der Waals surface area contributed by atoms with Crippen molar-refractivity contribution in [3.05, 3.63) is 30.3 Å². The van der Waals surface area contributed by atoms with Gasteiger partial charge in [-0.2, -0.15) is 0 Å². The molecule has 10 fully saturated rings. The molecule has 0 radical (unpaired) electrons. The predicted molar refractivity (Wildman–Crippen MR) is 186 cm³/mol. The van der Waals surface area contributed by atoms with Gasteiger partial charge in [0.2, 0.25) is 0 Å². The number of nitrogens with zero attached hydrogens (tertiary/aromatic N) is 1. The number of benzene rings is 1. The van der Waals surface area contributed by atoms with Crippen LogP contribution < -0.4 is 4.74 Å². The summed E-state index contributed by atoms with van der Waals surface area (Å²) in [6.45, 7) is 13.6. The molecular formula is C41H57NO9. The fourth-order valence-corrected chi connectivity index (χ4v) is 12.7. The molecule has 4 bridgehead atoms. The summed E-state index contributed by atoms with van der Waals surface area (Å²) in [5, 5.41) is 4.66. The summed E-state index contributed by atoms with van der Waals surface area (Å²) < 4.78 is 20.0. The van der Waals surface area contributed by atoms with Gasteiger partial charge in [-0.25, -0.2) is 24.3 Å². The molecule has 6 saturated heterocycles. The zero-order valence-electron chi connectivity index (χ0n) is 31.2. The first kappa shape index (κ1) is 34.7. The van der Waals surface area contributed by atoms with E-state index in [0.717, 1.165) is 57.8 Å². The second-order valence-electron chi connectivity index (χ2n) is 18.4. The molecule has 0 N–H and O–H groups in total. The summed E-state index contributed by atoms with van der Waals surface area (Å²) in [4.78, 5) is 44.4. The van der Waals surface area contributed by atoms with Crippen molar-refractivity contribution in [2.24, 2.45) is 52.5 Å². The predicted octanol–water partition coefficient (Wildman–Crippen LogP) is 8.37. The largest absolute Gasteiger partial charge is 0.540 e. The van der Waals surface area contributed by atoms with Crippen LogP contribution in [0.1, 0.15) is 112 Å². The first-order chi connectivity index (χ1) is 24.4. The Hall–Kier alpha value is -2.08. The number of hydrogen-bond acceptors (Lipinski definition) is 10. The van der Waals surface area contributed by atoms with Crippen molar-refractivity contribution in [3.63, 3.8) is 0 Å². The molecule has 2 spiro atoms. The van der Waals surface area contributed by atoms with Crippen molar-refractivity contribution < 1.29 is 43.4 Å². The summed E-state index contributed by atoms with van der Waals surface area (Å²) in [5.74, 6) is 2.94. The SMILES string of the molecule is C[C@H]1[C@@H](C(C[C@H]2O[C@@H]3C[C@]4(C)CC[C@H]5[C@H](C)CC[C@@H]([C@H]2C)[C@@]35OO4)=NOC(=O)Oc2ccccc2)O[C@@H]2C[C@]3(C)CC[C@H]4[C@H](C)CC[C@@H]1[C@@]24OO3. The van der Waals surface area contributed by atoms with E-state index in [9.17, 15) is 4.79 Å². The molecular weight excluding hydrogens is 650 g/mol. The van der Waals surface area contributed by atoms with Crippen LogP contribution in [0.4, 0.5) is 4.79 Å². The molecule has 6 heterocycles. The van der Waals surface area contributed by atoms with Gasteiger partial charge in [-0.15, -0.1) is 0 Å². The standard InChI is InChI=1S/C41H57NO9/c1-23-12-14-30-25(3)33(45-34-21-38(5)18-16-28(23)40(30,34)50-48-38)20-32(42-47-37(43)44-27-10-8-7-9-11-27)36-26(4)31-15-13-24(2)29-17-19-39(6)22-35(46-36)41(29,31)51-49-39/h7-11,23-26,28-31,33-36H,12-22H2,1-6H3/t23-,24-,25-,26-,28+,29+,30+,31+,33-,34-,35-,36+,38+,39+,40-,41-/m1/s1. The van der Waals surface area contributed by atoms with E-state index in [2.05, 4.69) is 46.7 Å². The van der Waals surface area contributed by atoms with Crippen molar-refractivity contribution in [2.75, 3.05) is 0 Å². The molecule has 10 heteroatoms. The molecule has 1 aromatic carbocycles. The monoisotopic (exact) mass is 707 g/mol. The maximum atomic E-state index is 13.1. The average molecular weight is 708 g/mol. The highest BCUT2D eigenvalue weighted by Crippen LogP contribution is 2.63. The van der Waals surface area contributed by atoms with Crippen LogP contribution in [0.3, 0.4) is 0 Å². The maximum absolute atomic E-state index is 13.1. The quantitative estimate of drug-likeness (QED) is 0.0746. The number of carbonyl (C=O) groups is 1. The number of ether oxygens (including phenoxy) is 3. The minimum absolute atomic E-state index is 0.0458.